The molecule has 1 unspecified atom stereocenters. The van der Waals surface area contributed by atoms with Crippen LogP contribution < -0.4 is 5.32 Å². The van der Waals surface area contributed by atoms with Crippen LogP contribution in [0.4, 0.5) is 14.5 Å². The van der Waals surface area contributed by atoms with E-state index in [-0.39, 0.29) is 12.1 Å². The van der Waals surface area contributed by atoms with Crippen molar-refractivity contribution in [2.75, 3.05) is 11.9 Å². The topological polar surface area (TPSA) is 32.3 Å². The summed E-state index contributed by atoms with van der Waals surface area (Å²) in [6, 6.07) is 10.7. The number of rotatable bonds is 4. The van der Waals surface area contributed by atoms with Crippen molar-refractivity contribution in [3.8, 4) is 0 Å². The number of aliphatic hydroxyl groups is 1. The first-order chi connectivity index (χ1) is 9.08. The third kappa shape index (κ3) is 3.29. The summed E-state index contributed by atoms with van der Waals surface area (Å²) in [5.41, 5.74) is 1.41. The largest absolute Gasteiger partial charge is 0.386 e. The van der Waals surface area contributed by atoms with Crippen molar-refractivity contribution in [2.24, 2.45) is 0 Å². The molecule has 0 heterocycles. The molecule has 2 aromatic carbocycles. The highest BCUT2D eigenvalue weighted by Gasteiger charge is 2.12. The quantitative estimate of drug-likeness (QED) is 0.886. The molecule has 100 valence electrons. The first kappa shape index (κ1) is 13.5. The number of nitrogens with one attached hydrogen (secondary N) is 1. The lowest BCUT2D eigenvalue weighted by Crippen LogP contribution is -2.14. The Morgan fingerprint density at radius 2 is 1.84 bits per heavy atom. The first-order valence-corrected chi connectivity index (χ1v) is 6.00. The molecular weight excluding hydrogens is 248 g/mol. The maximum atomic E-state index is 13.5. The van der Waals surface area contributed by atoms with Gasteiger partial charge in [-0.25, -0.2) is 8.78 Å². The summed E-state index contributed by atoms with van der Waals surface area (Å²) in [6.45, 7) is 1.89. The van der Waals surface area contributed by atoms with Gasteiger partial charge < -0.3 is 10.4 Å². The Morgan fingerprint density at radius 1 is 1.11 bits per heavy atom. The highest BCUT2D eigenvalue weighted by molar-refractivity contribution is 5.47. The molecular formula is C15H15F2NO. The lowest BCUT2D eigenvalue weighted by molar-refractivity contribution is 0.186. The molecule has 0 aliphatic rings. The minimum absolute atomic E-state index is 0.0430. The van der Waals surface area contributed by atoms with Crippen LogP contribution in [-0.4, -0.2) is 11.7 Å². The Kier molecular flexibility index (Phi) is 4.12. The van der Waals surface area contributed by atoms with E-state index in [4.69, 9.17) is 0 Å². The van der Waals surface area contributed by atoms with Crippen molar-refractivity contribution in [3.05, 3.63) is 65.2 Å². The summed E-state index contributed by atoms with van der Waals surface area (Å²) >= 11 is 0. The molecule has 0 saturated heterocycles. The lowest BCUT2D eigenvalue weighted by atomic mass is 10.1. The predicted molar refractivity (Wildman–Crippen MR) is 71.0 cm³/mol. The minimum Gasteiger partial charge on any atom is -0.386 e. The third-order valence-corrected chi connectivity index (χ3v) is 2.87. The Hall–Kier alpha value is -1.94. The maximum absolute atomic E-state index is 13.5. The van der Waals surface area contributed by atoms with Gasteiger partial charge in [-0.3, -0.25) is 0 Å². The second-order valence-electron chi connectivity index (χ2n) is 4.40. The smallest absolute Gasteiger partial charge is 0.146 e. The van der Waals surface area contributed by atoms with E-state index >= 15 is 0 Å². The Labute approximate surface area is 110 Å². The zero-order valence-electron chi connectivity index (χ0n) is 10.5. The molecule has 2 N–H and O–H groups in total. The monoisotopic (exact) mass is 263 g/mol. The standard InChI is InChI=1S/C15H15F2NO/c1-10-6-7-13(17)14(8-10)18-9-15(19)11-4-2-3-5-12(11)16/h2-8,15,18-19H,9H2,1H3. The zero-order chi connectivity index (χ0) is 13.8. The number of benzene rings is 2. The number of hydrogen-bond donors (Lipinski definition) is 2. The molecule has 19 heavy (non-hydrogen) atoms. The molecule has 2 nitrogen and oxygen atoms in total. The van der Waals surface area contributed by atoms with E-state index < -0.39 is 17.7 Å². The van der Waals surface area contributed by atoms with Crippen LogP contribution in [0.3, 0.4) is 0 Å². The van der Waals surface area contributed by atoms with Gasteiger partial charge in [-0.1, -0.05) is 24.3 Å². The van der Waals surface area contributed by atoms with Crippen molar-refractivity contribution >= 4 is 5.69 Å². The van der Waals surface area contributed by atoms with Crippen molar-refractivity contribution in [1.29, 1.82) is 0 Å². The lowest BCUT2D eigenvalue weighted by Gasteiger charge is -2.14. The fourth-order valence-corrected chi connectivity index (χ4v) is 1.84. The average molecular weight is 263 g/mol. The normalized spacial score (nSPS) is 12.2. The van der Waals surface area contributed by atoms with E-state index in [2.05, 4.69) is 5.32 Å². The van der Waals surface area contributed by atoms with E-state index in [1.165, 1.54) is 18.2 Å². The van der Waals surface area contributed by atoms with Gasteiger partial charge >= 0.3 is 0 Å². The van der Waals surface area contributed by atoms with Crippen LogP contribution in [0.25, 0.3) is 0 Å². The maximum Gasteiger partial charge on any atom is 0.146 e. The first-order valence-electron chi connectivity index (χ1n) is 6.00. The van der Waals surface area contributed by atoms with Gasteiger partial charge in [-0.2, -0.15) is 0 Å². The van der Waals surface area contributed by atoms with Crippen LogP contribution in [0.15, 0.2) is 42.5 Å². The number of anilines is 1. The molecule has 1 atom stereocenters. The minimum atomic E-state index is -1.03. The Balaban J connectivity index is 2.06. The van der Waals surface area contributed by atoms with Crippen molar-refractivity contribution in [2.45, 2.75) is 13.0 Å². The molecule has 2 rings (SSSR count). The van der Waals surface area contributed by atoms with Crippen LogP contribution in [0.2, 0.25) is 0 Å². The van der Waals surface area contributed by atoms with Gasteiger partial charge in [0.1, 0.15) is 11.6 Å². The molecule has 4 heteroatoms. The summed E-state index contributed by atoms with van der Waals surface area (Å²) < 4.78 is 26.9. The van der Waals surface area contributed by atoms with Gasteiger partial charge in [-0.05, 0) is 30.7 Å². The highest BCUT2D eigenvalue weighted by Crippen LogP contribution is 2.20. The van der Waals surface area contributed by atoms with Crippen LogP contribution >= 0.6 is 0 Å². The average Bonchev–Trinajstić information content (AvgIpc) is 2.40. The van der Waals surface area contributed by atoms with Crippen molar-refractivity contribution in [3.63, 3.8) is 0 Å². The fraction of sp³-hybridized carbons (Fsp3) is 0.200. The summed E-state index contributed by atoms with van der Waals surface area (Å²) in [5, 5.41) is 12.7. The molecule has 0 amide bonds. The van der Waals surface area contributed by atoms with E-state index in [1.54, 1.807) is 24.3 Å². The predicted octanol–water partition coefficient (Wildman–Crippen LogP) is 3.42. The second-order valence-corrected chi connectivity index (χ2v) is 4.40. The number of aryl methyl sites for hydroxylation is 1. The van der Waals surface area contributed by atoms with Crippen LogP contribution in [0, 0.1) is 18.6 Å². The number of hydrogen-bond acceptors (Lipinski definition) is 2. The summed E-state index contributed by atoms with van der Waals surface area (Å²) in [7, 11) is 0. The van der Waals surface area contributed by atoms with Crippen LogP contribution in [0.1, 0.15) is 17.2 Å². The fourth-order valence-electron chi connectivity index (χ4n) is 1.84. The molecule has 2 aromatic rings. The molecule has 0 aromatic heterocycles. The van der Waals surface area contributed by atoms with Gasteiger partial charge in [0.2, 0.25) is 0 Å². The van der Waals surface area contributed by atoms with Gasteiger partial charge in [0.25, 0.3) is 0 Å². The SMILES string of the molecule is Cc1ccc(F)c(NCC(O)c2ccccc2F)c1. The Bertz CT molecular complexity index is 572. The molecule has 0 aliphatic carbocycles. The molecule has 0 radical (unpaired) electrons. The van der Waals surface area contributed by atoms with Crippen LogP contribution in [0.5, 0.6) is 0 Å². The van der Waals surface area contributed by atoms with Gasteiger partial charge in [0.05, 0.1) is 11.8 Å². The van der Waals surface area contributed by atoms with E-state index in [9.17, 15) is 13.9 Å². The van der Waals surface area contributed by atoms with E-state index in [0.29, 0.717) is 5.69 Å². The molecule has 0 aliphatic heterocycles. The third-order valence-electron chi connectivity index (χ3n) is 2.87. The molecule has 0 bridgehead atoms. The second kappa shape index (κ2) is 5.80. The molecule has 0 fully saturated rings. The van der Waals surface area contributed by atoms with Gasteiger partial charge in [-0.15, -0.1) is 0 Å². The summed E-state index contributed by atoms with van der Waals surface area (Å²) in [5.74, 6) is -0.868. The van der Waals surface area contributed by atoms with Crippen LogP contribution in [-0.2, 0) is 0 Å². The van der Waals surface area contributed by atoms with Crippen molar-refractivity contribution < 1.29 is 13.9 Å². The molecule has 0 saturated carbocycles. The number of aliphatic hydroxyl groups excluding tert-OH is 1. The Morgan fingerprint density at radius 3 is 2.58 bits per heavy atom. The zero-order valence-corrected chi connectivity index (χ0v) is 10.5. The highest BCUT2D eigenvalue weighted by atomic mass is 19.1. The van der Waals surface area contributed by atoms with E-state index in [1.807, 2.05) is 6.92 Å². The van der Waals surface area contributed by atoms with Crippen molar-refractivity contribution in [1.82, 2.24) is 0 Å². The van der Waals surface area contributed by atoms with Gasteiger partial charge in [0.15, 0.2) is 0 Å². The molecule has 0 spiro atoms. The number of halogens is 2. The van der Waals surface area contributed by atoms with Gasteiger partial charge in [0, 0.05) is 12.1 Å². The summed E-state index contributed by atoms with van der Waals surface area (Å²) in [4.78, 5) is 0. The van der Waals surface area contributed by atoms with E-state index in [0.717, 1.165) is 5.56 Å². The summed E-state index contributed by atoms with van der Waals surface area (Å²) in [6.07, 6.45) is -1.03.